The van der Waals surface area contributed by atoms with Gasteiger partial charge in [-0.05, 0) is 18.8 Å². The van der Waals surface area contributed by atoms with Gasteiger partial charge in [0.05, 0.1) is 11.9 Å². The molecular formula is C13H24N4O. The lowest BCUT2D eigenvalue weighted by Crippen LogP contribution is -2.21. The van der Waals surface area contributed by atoms with E-state index in [9.17, 15) is 4.79 Å². The van der Waals surface area contributed by atoms with Crippen molar-refractivity contribution >= 4 is 11.6 Å². The van der Waals surface area contributed by atoms with E-state index in [1.807, 2.05) is 6.20 Å². The lowest BCUT2D eigenvalue weighted by Gasteiger charge is -2.20. The minimum absolute atomic E-state index is 0.129. The maximum Gasteiger partial charge on any atom is 0.239 e. The van der Waals surface area contributed by atoms with E-state index >= 15 is 0 Å². The number of amides is 1. The minimum Gasteiger partial charge on any atom is -0.380 e. The number of hydrogen-bond donors (Lipinski definition) is 2. The summed E-state index contributed by atoms with van der Waals surface area (Å²) in [5, 5.41) is 7.55. The van der Waals surface area contributed by atoms with Crippen molar-refractivity contribution in [3.8, 4) is 0 Å². The highest BCUT2D eigenvalue weighted by Gasteiger charge is 2.11. The predicted octanol–water partition coefficient (Wildman–Crippen LogP) is 2.00. The molecule has 5 nitrogen and oxygen atoms in total. The monoisotopic (exact) mass is 252 g/mol. The Bertz CT molecular complexity index is 375. The molecule has 0 bridgehead atoms. The van der Waals surface area contributed by atoms with E-state index in [0.717, 1.165) is 18.5 Å². The maximum absolute atomic E-state index is 10.8. The topological polar surface area (TPSA) is 72.9 Å². The SMILES string of the molecule is CCC(C)CC(CC)Nc1cnn(CC(N)=O)c1. The van der Waals surface area contributed by atoms with Crippen molar-refractivity contribution in [2.75, 3.05) is 5.32 Å². The van der Waals surface area contributed by atoms with Crippen LogP contribution in [0.5, 0.6) is 0 Å². The van der Waals surface area contributed by atoms with Gasteiger partial charge in [0.15, 0.2) is 0 Å². The van der Waals surface area contributed by atoms with Crippen LogP contribution in [0.15, 0.2) is 12.4 Å². The number of hydrogen-bond acceptors (Lipinski definition) is 3. The number of nitrogens with two attached hydrogens (primary N) is 1. The number of carbonyl (C=O) groups excluding carboxylic acids is 1. The number of primary amides is 1. The first-order chi connectivity index (χ1) is 8.55. The van der Waals surface area contributed by atoms with Gasteiger partial charge in [-0.1, -0.05) is 27.2 Å². The van der Waals surface area contributed by atoms with E-state index in [2.05, 4.69) is 31.2 Å². The van der Waals surface area contributed by atoms with E-state index < -0.39 is 0 Å². The number of anilines is 1. The summed E-state index contributed by atoms with van der Waals surface area (Å²) >= 11 is 0. The second-order valence-electron chi connectivity index (χ2n) is 4.89. The molecule has 0 fully saturated rings. The number of aromatic nitrogens is 2. The second kappa shape index (κ2) is 7.03. The van der Waals surface area contributed by atoms with E-state index in [0.29, 0.717) is 12.0 Å². The van der Waals surface area contributed by atoms with Gasteiger partial charge in [-0.25, -0.2) is 0 Å². The number of nitrogens with one attached hydrogen (secondary N) is 1. The molecule has 2 atom stereocenters. The normalized spacial score (nSPS) is 14.2. The Labute approximate surface area is 109 Å². The van der Waals surface area contributed by atoms with Crippen molar-refractivity contribution in [1.82, 2.24) is 9.78 Å². The third kappa shape index (κ3) is 4.77. The lowest BCUT2D eigenvalue weighted by molar-refractivity contribution is -0.118. The van der Waals surface area contributed by atoms with E-state index in [1.54, 1.807) is 10.9 Å². The summed E-state index contributed by atoms with van der Waals surface area (Å²) in [6.07, 6.45) is 6.98. The summed E-state index contributed by atoms with van der Waals surface area (Å²) in [4.78, 5) is 10.8. The summed E-state index contributed by atoms with van der Waals surface area (Å²) < 4.78 is 1.56. The summed E-state index contributed by atoms with van der Waals surface area (Å²) in [5.74, 6) is 0.333. The molecule has 18 heavy (non-hydrogen) atoms. The van der Waals surface area contributed by atoms with Gasteiger partial charge in [0.1, 0.15) is 6.54 Å². The summed E-state index contributed by atoms with van der Waals surface area (Å²) in [6, 6.07) is 0.450. The van der Waals surface area contributed by atoms with Crippen LogP contribution in [0.3, 0.4) is 0 Å². The molecule has 1 heterocycles. The highest BCUT2D eigenvalue weighted by Crippen LogP contribution is 2.16. The van der Waals surface area contributed by atoms with E-state index in [1.165, 1.54) is 6.42 Å². The van der Waals surface area contributed by atoms with Crippen LogP contribution in [-0.4, -0.2) is 21.7 Å². The van der Waals surface area contributed by atoms with Gasteiger partial charge in [-0.15, -0.1) is 0 Å². The van der Waals surface area contributed by atoms with Gasteiger partial charge in [-0.2, -0.15) is 5.10 Å². The lowest BCUT2D eigenvalue weighted by atomic mass is 9.98. The fourth-order valence-corrected chi connectivity index (χ4v) is 1.90. The van der Waals surface area contributed by atoms with Crippen LogP contribution < -0.4 is 11.1 Å². The van der Waals surface area contributed by atoms with Crippen LogP contribution >= 0.6 is 0 Å². The molecular weight excluding hydrogens is 228 g/mol. The molecule has 1 aromatic rings. The molecule has 0 saturated heterocycles. The third-order valence-corrected chi connectivity index (χ3v) is 3.20. The van der Waals surface area contributed by atoms with Crippen LogP contribution in [0.4, 0.5) is 5.69 Å². The largest absolute Gasteiger partial charge is 0.380 e. The van der Waals surface area contributed by atoms with Crippen molar-refractivity contribution in [3.63, 3.8) is 0 Å². The summed E-state index contributed by atoms with van der Waals surface area (Å²) in [5.41, 5.74) is 6.08. The van der Waals surface area contributed by atoms with Crippen molar-refractivity contribution in [2.24, 2.45) is 11.7 Å². The molecule has 1 amide bonds. The maximum atomic E-state index is 10.8. The minimum atomic E-state index is -0.378. The van der Waals surface area contributed by atoms with Gasteiger partial charge >= 0.3 is 0 Å². The zero-order valence-electron chi connectivity index (χ0n) is 11.5. The Hall–Kier alpha value is -1.52. The Kier molecular flexibility index (Phi) is 5.68. The molecule has 0 aliphatic carbocycles. The zero-order valence-corrected chi connectivity index (χ0v) is 11.5. The summed E-state index contributed by atoms with van der Waals surface area (Å²) in [6.45, 7) is 6.78. The molecule has 5 heteroatoms. The fraction of sp³-hybridized carbons (Fsp3) is 0.692. The first kappa shape index (κ1) is 14.5. The summed E-state index contributed by atoms with van der Waals surface area (Å²) in [7, 11) is 0. The Morgan fingerprint density at radius 2 is 2.22 bits per heavy atom. The molecule has 0 radical (unpaired) electrons. The first-order valence-corrected chi connectivity index (χ1v) is 6.62. The van der Waals surface area contributed by atoms with Gasteiger partial charge in [0.25, 0.3) is 0 Å². The Balaban J connectivity index is 2.53. The molecule has 3 N–H and O–H groups in total. The van der Waals surface area contributed by atoms with Crippen LogP contribution in [0.25, 0.3) is 0 Å². The van der Waals surface area contributed by atoms with Crippen molar-refractivity contribution < 1.29 is 4.79 Å². The Morgan fingerprint density at radius 1 is 1.50 bits per heavy atom. The molecule has 0 spiro atoms. The highest BCUT2D eigenvalue weighted by atomic mass is 16.1. The van der Waals surface area contributed by atoms with Crippen LogP contribution in [-0.2, 0) is 11.3 Å². The van der Waals surface area contributed by atoms with Crippen molar-refractivity contribution in [1.29, 1.82) is 0 Å². The van der Waals surface area contributed by atoms with Gasteiger partial charge in [0, 0.05) is 12.2 Å². The fourth-order valence-electron chi connectivity index (χ4n) is 1.90. The smallest absolute Gasteiger partial charge is 0.239 e. The molecule has 2 unspecified atom stereocenters. The number of carbonyl (C=O) groups is 1. The molecule has 1 aromatic heterocycles. The molecule has 0 aliphatic rings. The van der Waals surface area contributed by atoms with Crippen LogP contribution in [0, 0.1) is 5.92 Å². The van der Waals surface area contributed by atoms with Crippen molar-refractivity contribution in [3.05, 3.63) is 12.4 Å². The quantitative estimate of drug-likeness (QED) is 0.743. The second-order valence-corrected chi connectivity index (χ2v) is 4.89. The molecule has 0 aliphatic heterocycles. The van der Waals surface area contributed by atoms with Crippen LogP contribution in [0.2, 0.25) is 0 Å². The van der Waals surface area contributed by atoms with E-state index in [4.69, 9.17) is 5.73 Å². The van der Waals surface area contributed by atoms with E-state index in [-0.39, 0.29) is 12.5 Å². The number of rotatable bonds is 8. The molecule has 102 valence electrons. The van der Waals surface area contributed by atoms with Crippen LogP contribution in [0.1, 0.15) is 40.0 Å². The Morgan fingerprint density at radius 3 is 2.78 bits per heavy atom. The number of nitrogens with zero attached hydrogens (tertiary/aromatic N) is 2. The van der Waals surface area contributed by atoms with Gasteiger partial charge in [-0.3, -0.25) is 9.48 Å². The predicted molar refractivity (Wildman–Crippen MR) is 73.2 cm³/mol. The average Bonchev–Trinajstić information content (AvgIpc) is 2.74. The first-order valence-electron chi connectivity index (χ1n) is 6.62. The van der Waals surface area contributed by atoms with Gasteiger partial charge in [0.2, 0.25) is 5.91 Å². The molecule has 0 aromatic carbocycles. The zero-order chi connectivity index (χ0) is 13.5. The van der Waals surface area contributed by atoms with Gasteiger partial charge < -0.3 is 11.1 Å². The average molecular weight is 252 g/mol. The highest BCUT2D eigenvalue weighted by molar-refractivity contribution is 5.73. The molecule has 1 rings (SSSR count). The molecule has 0 saturated carbocycles. The third-order valence-electron chi connectivity index (χ3n) is 3.20. The van der Waals surface area contributed by atoms with Crippen molar-refractivity contribution in [2.45, 2.75) is 52.6 Å². The standard InChI is InChI=1S/C13H24N4O/c1-4-10(3)6-11(5-2)16-12-7-15-17(8-12)9-13(14)18/h7-8,10-11,16H,4-6,9H2,1-3H3,(H2,14,18).